The van der Waals surface area contributed by atoms with E-state index in [1.165, 1.54) is 5.69 Å². The number of ether oxygens (including phenoxy) is 2. The standard InChI is InChI=1S/C21H28N2O3.H2O/c1-4-26-20-8-6-5-7-18(20)23-13-11-22(12-14-23)16(2)17-9-10-19(24)21(15-17)25-3;/h5-10,15-16,24H,4,11-14H2,1-3H3;1H2. The van der Waals surface area contributed by atoms with Gasteiger partial charge in [-0.3, -0.25) is 4.90 Å². The smallest absolute Gasteiger partial charge is 0.160 e. The number of phenols is 1. The normalized spacial score (nSPS) is 15.7. The van der Waals surface area contributed by atoms with Crippen molar-refractivity contribution in [3.05, 3.63) is 48.0 Å². The summed E-state index contributed by atoms with van der Waals surface area (Å²) in [4.78, 5) is 4.86. The summed E-state index contributed by atoms with van der Waals surface area (Å²) in [7, 11) is 1.58. The summed E-state index contributed by atoms with van der Waals surface area (Å²) in [6.45, 7) is 8.78. The number of aromatic hydroxyl groups is 1. The van der Waals surface area contributed by atoms with Crippen LogP contribution in [0, 0.1) is 0 Å². The molecule has 1 heterocycles. The fourth-order valence-electron chi connectivity index (χ4n) is 3.51. The largest absolute Gasteiger partial charge is 0.504 e. The topological polar surface area (TPSA) is 76.7 Å². The van der Waals surface area contributed by atoms with E-state index < -0.39 is 0 Å². The van der Waals surface area contributed by atoms with E-state index in [2.05, 4.69) is 28.9 Å². The first-order valence-electron chi connectivity index (χ1n) is 9.21. The third-order valence-corrected chi connectivity index (χ3v) is 5.05. The quantitative estimate of drug-likeness (QED) is 0.841. The second kappa shape index (κ2) is 9.48. The second-order valence-electron chi connectivity index (χ2n) is 6.53. The SMILES string of the molecule is CCOc1ccccc1N1CCN(C(C)c2ccc(O)c(OC)c2)CC1.O. The van der Waals surface area contributed by atoms with Gasteiger partial charge in [0.2, 0.25) is 0 Å². The summed E-state index contributed by atoms with van der Waals surface area (Å²) in [6, 6.07) is 14.1. The van der Waals surface area contributed by atoms with Crippen molar-refractivity contribution >= 4 is 5.69 Å². The van der Waals surface area contributed by atoms with Crippen molar-refractivity contribution in [2.24, 2.45) is 0 Å². The van der Waals surface area contributed by atoms with Crippen LogP contribution < -0.4 is 14.4 Å². The predicted octanol–water partition coefficient (Wildman–Crippen LogP) is 2.86. The number of phenolic OH excluding ortho intramolecular Hbond substituents is 1. The van der Waals surface area contributed by atoms with Crippen LogP contribution in [0.4, 0.5) is 5.69 Å². The monoisotopic (exact) mass is 374 g/mol. The van der Waals surface area contributed by atoms with E-state index in [9.17, 15) is 5.11 Å². The Kier molecular flexibility index (Phi) is 7.33. The first-order valence-corrected chi connectivity index (χ1v) is 9.21. The van der Waals surface area contributed by atoms with Gasteiger partial charge in [-0.05, 0) is 43.7 Å². The number of methoxy groups -OCH3 is 1. The van der Waals surface area contributed by atoms with Crippen LogP contribution in [0.2, 0.25) is 0 Å². The molecule has 1 aliphatic heterocycles. The number of hydrogen-bond acceptors (Lipinski definition) is 5. The Morgan fingerprint density at radius 2 is 1.74 bits per heavy atom. The summed E-state index contributed by atoms with van der Waals surface area (Å²) in [5.41, 5.74) is 2.33. The minimum Gasteiger partial charge on any atom is -0.504 e. The first kappa shape index (κ1) is 20.9. The van der Waals surface area contributed by atoms with Crippen LogP contribution in [0.15, 0.2) is 42.5 Å². The van der Waals surface area contributed by atoms with Crippen molar-refractivity contribution in [3.63, 3.8) is 0 Å². The fourth-order valence-corrected chi connectivity index (χ4v) is 3.51. The van der Waals surface area contributed by atoms with E-state index in [1.807, 2.05) is 31.2 Å². The Morgan fingerprint density at radius 3 is 2.41 bits per heavy atom. The molecule has 0 spiro atoms. The number of para-hydroxylation sites is 2. The maximum absolute atomic E-state index is 9.80. The maximum Gasteiger partial charge on any atom is 0.160 e. The molecular weight excluding hydrogens is 344 g/mol. The van der Waals surface area contributed by atoms with E-state index in [4.69, 9.17) is 9.47 Å². The first-order chi connectivity index (χ1) is 12.6. The Bertz CT molecular complexity index is 730. The summed E-state index contributed by atoms with van der Waals surface area (Å²) < 4.78 is 11.0. The van der Waals surface area contributed by atoms with Crippen molar-refractivity contribution in [1.29, 1.82) is 0 Å². The predicted molar refractivity (Wildman–Crippen MR) is 108 cm³/mol. The summed E-state index contributed by atoms with van der Waals surface area (Å²) in [5.74, 6) is 1.67. The Morgan fingerprint density at radius 1 is 1.04 bits per heavy atom. The molecule has 1 saturated heterocycles. The molecule has 0 aliphatic carbocycles. The zero-order chi connectivity index (χ0) is 18.5. The second-order valence-corrected chi connectivity index (χ2v) is 6.53. The zero-order valence-electron chi connectivity index (χ0n) is 16.3. The lowest BCUT2D eigenvalue weighted by molar-refractivity contribution is 0.197. The van der Waals surface area contributed by atoms with E-state index in [1.54, 1.807) is 13.2 Å². The van der Waals surface area contributed by atoms with Crippen LogP contribution in [0.1, 0.15) is 25.5 Å². The average Bonchev–Trinajstić information content (AvgIpc) is 2.69. The fraction of sp³-hybridized carbons (Fsp3) is 0.429. The minimum absolute atomic E-state index is 0. The van der Waals surface area contributed by atoms with E-state index in [-0.39, 0.29) is 17.3 Å². The van der Waals surface area contributed by atoms with Crippen molar-refractivity contribution < 1.29 is 20.1 Å². The van der Waals surface area contributed by atoms with E-state index in [0.29, 0.717) is 12.4 Å². The molecule has 0 radical (unpaired) electrons. The summed E-state index contributed by atoms with van der Waals surface area (Å²) in [5, 5.41) is 9.80. The molecule has 6 heteroatoms. The highest BCUT2D eigenvalue weighted by atomic mass is 16.5. The number of hydrogen-bond donors (Lipinski definition) is 1. The van der Waals surface area contributed by atoms with Crippen molar-refractivity contribution in [3.8, 4) is 17.2 Å². The lowest BCUT2D eigenvalue weighted by atomic mass is 10.0. The van der Waals surface area contributed by atoms with Crippen LogP contribution >= 0.6 is 0 Å². The number of benzene rings is 2. The van der Waals surface area contributed by atoms with Crippen LogP contribution in [-0.4, -0.2) is 55.4 Å². The molecule has 1 atom stereocenters. The third-order valence-electron chi connectivity index (χ3n) is 5.05. The van der Waals surface area contributed by atoms with Crippen molar-refractivity contribution in [2.45, 2.75) is 19.9 Å². The molecule has 148 valence electrons. The molecule has 6 nitrogen and oxygen atoms in total. The molecule has 0 bridgehead atoms. The molecule has 1 fully saturated rings. The van der Waals surface area contributed by atoms with Crippen molar-refractivity contribution in [2.75, 3.05) is 44.8 Å². The van der Waals surface area contributed by atoms with Gasteiger partial charge in [0.15, 0.2) is 11.5 Å². The molecule has 3 N–H and O–H groups in total. The molecule has 1 unspecified atom stereocenters. The van der Waals surface area contributed by atoms with Gasteiger partial charge in [0.05, 0.1) is 19.4 Å². The van der Waals surface area contributed by atoms with Crippen LogP contribution in [0.5, 0.6) is 17.2 Å². The van der Waals surface area contributed by atoms with Crippen LogP contribution in [0.3, 0.4) is 0 Å². The Hall–Kier alpha value is -2.44. The van der Waals surface area contributed by atoms with Gasteiger partial charge in [0, 0.05) is 32.2 Å². The molecule has 0 saturated carbocycles. The van der Waals surface area contributed by atoms with E-state index in [0.717, 1.165) is 37.5 Å². The van der Waals surface area contributed by atoms with Crippen molar-refractivity contribution in [1.82, 2.24) is 4.90 Å². The average molecular weight is 374 g/mol. The number of nitrogens with zero attached hydrogens (tertiary/aromatic N) is 2. The van der Waals surface area contributed by atoms with Gasteiger partial charge in [0.25, 0.3) is 0 Å². The number of rotatable bonds is 6. The highest BCUT2D eigenvalue weighted by Crippen LogP contribution is 2.33. The van der Waals surface area contributed by atoms with Gasteiger partial charge >= 0.3 is 0 Å². The minimum atomic E-state index is 0. The van der Waals surface area contributed by atoms with Crippen LogP contribution in [0.25, 0.3) is 0 Å². The van der Waals surface area contributed by atoms with E-state index >= 15 is 0 Å². The highest BCUT2D eigenvalue weighted by molar-refractivity contribution is 5.58. The lowest BCUT2D eigenvalue weighted by Gasteiger charge is -2.39. The molecule has 0 amide bonds. The molecule has 1 aliphatic rings. The number of anilines is 1. The Balaban J connectivity index is 0.00000261. The molecule has 2 aromatic rings. The van der Waals surface area contributed by atoms with Gasteiger partial charge in [-0.2, -0.15) is 0 Å². The van der Waals surface area contributed by atoms with Gasteiger partial charge in [0.1, 0.15) is 5.75 Å². The van der Waals surface area contributed by atoms with Gasteiger partial charge in [-0.15, -0.1) is 0 Å². The lowest BCUT2D eigenvalue weighted by Crippen LogP contribution is -2.47. The Labute approximate surface area is 161 Å². The van der Waals surface area contributed by atoms with Gasteiger partial charge < -0.3 is 25.0 Å². The summed E-state index contributed by atoms with van der Waals surface area (Å²) in [6.07, 6.45) is 0. The van der Waals surface area contributed by atoms with Gasteiger partial charge in [-0.25, -0.2) is 0 Å². The highest BCUT2D eigenvalue weighted by Gasteiger charge is 2.24. The molecule has 3 rings (SSSR count). The maximum atomic E-state index is 9.80. The molecule has 27 heavy (non-hydrogen) atoms. The third kappa shape index (κ3) is 4.64. The number of piperazine rings is 1. The molecule has 2 aromatic carbocycles. The molecule has 0 aromatic heterocycles. The van der Waals surface area contributed by atoms with Crippen LogP contribution in [-0.2, 0) is 0 Å². The summed E-state index contributed by atoms with van der Waals surface area (Å²) >= 11 is 0. The van der Waals surface area contributed by atoms with Gasteiger partial charge in [-0.1, -0.05) is 18.2 Å². The zero-order valence-corrected chi connectivity index (χ0v) is 16.3. The molecular formula is C21H30N2O4.